The van der Waals surface area contributed by atoms with Gasteiger partial charge in [0.15, 0.2) is 6.29 Å². The van der Waals surface area contributed by atoms with Crippen LogP contribution >= 0.6 is 0 Å². The van der Waals surface area contributed by atoms with Crippen molar-refractivity contribution in [3.8, 4) is 11.1 Å². The average molecular weight is 218 g/mol. The molecule has 0 radical (unpaired) electrons. The van der Waals surface area contributed by atoms with Crippen molar-refractivity contribution >= 4 is 6.29 Å². The second-order valence-electron chi connectivity index (χ2n) is 3.36. The van der Waals surface area contributed by atoms with Crippen molar-refractivity contribution in [2.75, 3.05) is 0 Å². The Morgan fingerprint density at radius 2 is 1.50 bits per heavy atom. The molecule has 2 aromatic rings. The summed E-state index contributed by atoms with van der Waals surface area (Å²) in [6.07, 6.45) is 0.585. The summed E-state index contributed by atoms with van der Waals surface area (Å²) in [7, 11) is 0. The summed E-state index contributed by atoms with van der Waals surface area (Å²) in [5.41, 5.74) is 1.53. The molecule has 0 unspecified atom stereocenters. The Morgan fingerprint density at radius 3 is 2.12 bits per heavy atom. The molecule has 80 valence electrons. The number of hydrogen-bond acceptors (Lipinski definition) is 1. The van der Waals surface area contributed by atoms with Gasteiger partial charge in [-0.25, -0.2) is 8.78 Å². The van der Waals surface area contributed by atoms with Gasteiger partial charge in [-0.3, -0.25) is 4.79 Å². The van der Waals surface area contributed by atoms with Crippen LogP contribution in [0, 0.1) is 11.6 Å². The number of carbonyl (C=O) groups excluding carboxylic acids is 1. The Bertz CT molecular complexity index is 518. The van der Waals surface area contributed by atoms with Gasteiger partial charge < -0.3 is 0 Å². The number of halogens is 2. The summed E-state index contributed by atoms with van der Waals surface area (Å²) < 4.78 is 25.6. The van der Waals surface area contributed by atoms with Crippen LogP contribution in [0.1, 0.15) is 10.4 Å². The topological polar surface area (TPSA) is 17.1 Å². The normalized spacial score (nSPS) is 10.1. The van der Waals surface area contributed by atoms with Gasteiger partial charge in [0.2, 0.25) is 0 Å². The molecule has 1 nitrogen and oxygen atoms in total. The van der Waals surface area contributed by atoms with Gasteiger partial charge in [0.05, 0.1) is 0 Å². The summed E-state index contributed by atoms with van der Waals surface area (Å²) in [5, 5.41) is 0. The van der Waals surface area contributed by atoms with Gasteiger partial charge in [0, 0.05) is 5.56 Å². The summed E-state index contributed by atoms with van der Waals surface area (Å²) in [4.78, 5) is 10.8. The fourth-order valence-corrected chi connectivity index (χ4v) is 1.52. The molecule has 2 rings (SSSR count). The maximum atomic E-state index is 12.9. The van der Waals surface area contributed by atoms with Crippen molar-refractivity contribution in [3.05, 3.63) is 59.7 Å². The first kappa shape index (κ1) is 10.5. The third kappa shape index (κ3) is 1.98. The number of hydrogen-bond donors (Lipinski definition) is 0. The molecule has 16 heavy (non-hydrogen) atoms. The van der Waals surface area contributed by atoms with E-state index in [0.29, 0.717) is 17.4 Å². The van der Waals surface area contributed by atoms with Crippen LogP contribution in [-0.2, 0) is 0 Å². The summed E-state index contributed by atoms with van der Waals surface area (Å²) in [6, 6.07) is 9.63. The maximum absolute atomic E-state index is 12.9. The molecule has 0 aromatic heterocycles. The maximum Gasteiger partial charge on any atom is 0.150 e. The van der Waals surface area contributed by atoms with E-state index in [1.807, 2.05) is 0 Å². The lowest BCUT2D eigenvalue weighted by Gasteiger charge is -2.04. The highest BCUT2D eigenvalue weighted by Gasteiger charge is 2.05. The van der Waals surface area contributed by atoms with E-state index < -0.39 is 5.82 Å². The molecule has 2 aromatic carbocycles. The quantitative estimate of drug-likeness (QED) is 0.705. The molecule has 0 aliphatic heterocycles. The van der Waals surface area contributed by atoms with Gasteiger partial charge in [-0.05, 0) is 35.4 Å². The van der Waals surface area contributed by atoms with Crippen LogP contribution in [0.5, 0.6) is 0 Å². The molecule has 0 bridgehead atoms. The standard InChI is InChI=1S/C13H8F2O/c14-11-3-1-9(2-4-11)13-6-5-12(15)7-10(13)8-16/h1-8H. The number of rotatable bonds is 2. The predicted octanol–water partition coefficient (Wildman–Crippen LogP) is 3.44. The third-order valence-electron chi connectivity index (χ3n) is 2.30. The minimum atomic E-state index is -0.465. The minimum Gasteiger partial charge on any atom is -0.298 e. The first-order valence-corrected chi connectivity index (χ1v) is 4.71. The second-order valence-corrected chi connectivity index (χ2v) is 3.36. The van der Waals surface area contributed by atoms with Crippen LogP contribution in [-0.4, -0.2) is 6.29 Å². The van der Waals surface area contributed by atoms with E-state index in [1.54, 1.807) is 12.1 Å². The first-order valence-electron chi connectivity index (χ1n) is 4.71. The lowest BCUT2D eigenvalue weighted by atomic mass is 10.0. The summed E-state index contributed by atoms with van der Waals surface area (Å²) >= 11 is 0. The van der Waals surface area contributed by atoms with Crippen LogP contribution < -0.4 is 0 Å². The molecule has 0 saturated carbocycles. The van der Waals surface area contributed by atoms with E-state index in [0.717, 1.165) is 6.07 Å². The number of carbonyl (C=O) groups is 1. The number of benzene rings is 2. The second kappa shape index (κ2) is 4.23. The highest BCUT2D eigenvalue weighted by atomic mass is 19.1. The van der Waals surface area contributed by atoms with E-state index >= 15 is 0 Å². The molecule has 0 spiro atoms. The van der Waals surface area contributed by atoms with Gasteiger partial charge in [-0.15, -0.1) is 0 Å². The molecule has 0 amide bonds. The third-order valence-corrected chi connectivity index (χ3v) is 2.30. The van der Waals surface area contributed by atoms with Crippen molar-refractivity contribution in [2.45, 2.75) is 0 Å². The molecular formula is C13H8F2O. The number of aldehydes is 1. The van der Waals surface area contributed by atoms with Crippen LogP contribution in [0.3, 0.4) is 0 Å². The van der Waals surface area contributed by atoms with Crippen molar-refractivity contribution in [2.24, 2.45) is 0 Å². The van der Waals surface area contributed by atoms with E-state index in [-0.39, 0.29) is 11.4 Å². The van der Waals surface area contributed by atoms with Gasteiger partial charge in [0.1, 0.15) is 11.6 Å². The van der Waals surface area contributed by atoms with E-state index in [9.17, 15) is 13.6 Å². The largest absolute Gasteiger partial charge is 0.298 e. The predicted molar refractivity (Wildman–Crippen MR) is 57.2 cm³/mol. The lowest BCUT2D eigenvalue weighted by Crippen LogP contribution is -1.89. The van der Waals surface area contributed by atoms with Crippen LogP contribution in [0.25, 0.3) is 11.1 Å². The molecule has 3 heteroatoms. The van der Waals surface area contributed by atoms with Gasteiger partial charge >= 0.3 is 0 Å². The Hall–Kier alpha value is -2.03. The van der Waals surface area contributed by atoms with Crippen molar-refractivity contribution in [1.82, 2.24) is 0 Å². The Morgan fingerprint density at radius 1 is 0.875 bits per heavy atom. The minimum absolute atomic E-state index is 0.256. The van der Waals surface area contributed by atoms with Crippen molar-refractivity contribution in [1.29, 1.82) is 0 Å². The van der Waals surface area contributed by atoms with Crippen LogP contribution in [0.15, 0.2) is 42.5 Å². The Balaban J connectivity index is 2.55. The molecule has 0 aliphatic rings. The fourth-order valence-electron chi connectivity index (χ4n) is 1.52. The van der Waals surface area contributed by atoms with Gasteiger partial charge in [-0.1, -0.05) is 18.2 Å². The molecule has 0 aliphatic carbocycles. The molecule has 0 N–H and O–H groups in total. The van der Waals surface area contributed by atoms with Gasteiger partial charge in [-0.2, -0.15) is 0 Å². The van der Waals surface area contributed by atoms with E-state index in [4.69, 9.17) is 0 Å². The SMILES string of the molecule is O=Cc1cc(F)ccc1-c1ccc(F)cc1. The van der Waals surface area contributed by atoms with E-state index in [1.165, 1.54) is 24.3 Å². The molecular weight excluding hydrogens is 210 g/mol. The molecule has 0 heterocycles. The summed E-state index contributed by atoms with van der Waals surface area (Å²) in [5.74, 6) is -0.813. The highest BCUT2D eigenvalue weighted by molar-refractivity contribution is 5.87. The van der Waals surface area contributed by atoms with Crippen LogP contribution in [0.2, 0.25) is 0 Å². The van der Waals surface area contributed by atoms with Gasteiger partial charge in [0.25, 0.3) is 0 Å². The monoisotopic (exact) mass is 218 g/mol. The first-order chi connectivity index (χ1) is 7.70. The zero-order chi connectivity index (χ0) is 11.5. The Labute approximate surface area is 91.3 Å². The Kier molecular flexibility index (Phi) is 2.77. The molecule has 0 atom stereocenters. The average Bonchev–Trinajstić information content (AvgIpc) is 2.30. The lowest BCUT2D eigenvalue weighted by molar-refractivity contribution is 0.112. The van der Waals surface area contributed by atoms with E-state index in [2.05, 4.69) is 0 Å². The molecule has 0 saturated heterocycles. The fraction of sp³-hybridized carbons (Fsp3) is 0. The van der Waals surface area contributed by atoms with Crippen molar-refractivity contribution in [3.63, 3.8) is 0 Å². The molecule has 0 fully saturated rings. The summed E-state index contributed by atoms with van der Waals surface area (Å²) in [6.45, 7) is 0. The highest BCUT2D eigenvalue weighted by Crippen LogP contribution is 2.23. The zero-order valence-electron chi connectivity index (χ0n) is 8.28. The van der Waals surface area contributed by atoms with Crippen molar-refractivity contribution < 1.29 is 13.6 Å². The smallest absolute Gasteiger partial charge is 0.150 e. The van der Waals surface area contributed by atoms with Crippen LogP contribution in [0.4, 0.5) is 8.78 Å². The zero-order valence-corrected chi connectivity index (χ0v) is 8.28.